The van der Waals surface area contributed by atoms with Crippen LogP contribution in [0.5, 0.6) is 5.75 Å². The molecule has 23 heavy (non-hydrogen) atoms. The zero-order valence-corrected chi connectivity index (χ0v) is 13.6. The molecule has 0 bridgehead atoms. The lowest BCUT2D eigenvalue weighted by Crippen LogP contribution is -2.46. The minimum Gasteiger partial charge on any atom is -0.496 e. The van der Waals surface area contributed by atoms with E-state index in [4.69, 9.17) is 14.0 Å². The minimum atomic E-state index is -4.48. The summed E-state index contributed by atoms with van der Waals surface area (Å²) in [6, 6.07) is 4.72. The number of methoxy groups -OCH3 is 1. The smallest absolute Gasteiger partial charge is 0.329 e. The first kappa shape index (κ1) is 18.9. The number of ether oxygens (including phenoxy) is 2. The number of nitrogens with one attached hydrogen (secondary N) is 1. The van der Waals surface area contributed by atoms with Crippen LogP contribution in [0.25, 0.3) is 0 Å². The van der Waals surface area contributed by atoms with Crippen LogP contribution in [0.3, 0.4) is 0 Å². The molecular weight excluding hydrogens is 326 g/mol. The maximum Gasteiger partial charge on any atom is 0.329 e. The summed E-state index contributed by atoms with van der Waals surface area (Å²) in [6.07, 6.45) is 0.533. The Bertz CT molecular complexity index is 657. The van der Waals surface area contributed by atoms with E-state index in [-0.39, 0.29) is 17.9 Å². The first-order valence-electron chi connectivity index (χ1n) is 6.84. The van der Waals surface area contributed by atoms with E-state index >= 15 is 0 Å². The Balaban J connectivity index is 2.95. The average molecular weight is 345 g/mol. The van der Waals surface area contributed by atoms with Crippen molar-refractivity contribution in [3.8, 4) is 5.75 Å². The van der Waals surface area contributed by atoms with Gasteiger partial charge in [-0.25, -0.2) is 4.79 Å². The van der Waals surface area contributed by atoms with Gasteiger partial charge in [0.25, 0.3) is 16.0 Å². The van der Waals surface area contributed by atoms with Crippen molar-refractivity contribution in [2.45, 2.75) is 19.4 Å². The van der Waals surface area contributed by atoms with Gasteiger partial charge in [0.05, 0.1) is 19.3 Å². The second-order valence-corrected chi connectivity index (χ2v) is 6.14. The van der Waals surface area contributed by atoms with E-state index in [9.17, 15) is 18.0 Å². The lowest BCUT2D eigenvalue weighted by Gasteiger charge is -2.17. The molecule has 9 heteroatoms. The summed E-state index contributed by atoms with van der Waals surface area (Å²) in [5.74, 6) is -2.37. The van der Waals surface area contributed by atoms with Crippen molar-refractivity contribution in [2.24, 2.45) is 0 Å². The van der Waals surface area contributed by atoms with E-state index in [0.29, 0.717) is 6.42 Å². The van der Waals surface area contributed by atoms with Crippen molar-refractivity contribution in [3.63, 3.8) is 0 Å². The summed E-state index contributed by atoms with van der Waals surface area (Å²) < 4.78 is 40.9. The van der Waals surface area contributed by atoms with Gasteiger partial charge in [0.2, 0.25) is 0 Å². The van der Waals surface area contributed by atoms with Crippen molar-refractivity contribution in [1.82, 2.24) is 5.32 Å². The Morgan fingerprint density at radius 3 is 2.52 bits per heavy atom. The largest absolute Gasteiger partial charge is 0.496 e. The topological polar surface area (TPSA) is 119 Å². The fraction of sp³-hybridized carbons (Fsp3) is 0.429. The Morgan fingerprint density at radius 2 is 1.96 bits per heavy atom. The van der Waals surface area contributed by atoms with E-state index < -0.39 is 33.8 Å². The van der Waals surface area contributed by atoms with Gasteiger partial charge in [-0.1, -0.05) is 19.1 Å². The number of hydrogen-bond donors (Lipinski definition) is 2. The molecule has 0 fully saturated rings. The minimum absolute atomic E-state index is 0.0747. The Kier molecular flexibility index (Phi) is 6.98. The summed E-state index contributed by atoms with van der Waals surface area (Å²) >= 11 is 0. The molecule has 0 radical (unpaired) electrons. The highest BCUT2D eigenvalue weighted by Gasteiger charge is 2.28. The molecule has 1 rings (SSSR count). The number of benzene rings is 1. The van der Waals surface area contributed by atoms with Gasteiger partial charge in [0, 0.05) is 0 Å². The van der Waals surface area contributed by atoms with Crippen molar-refractivity contribution < 1.29 is 32.0 Å². The number of amides is 1. The number of rotatable bonds is 8. The van der Waals surface area contributed by atoms with Crippen LogP contribution in [0.4, 0.5) is 0 Å². The highest BCUT2D eigenvalue weighted by atomic mass is 32.2. The number of carbonyl (C=O) groups excluding carboxylic acids is 2. The van der Waals surface area contributed by atoms with E-state index in [1.807, 2.05) is 0 Å². The number of esters is 1. The predicted molar refractivity (Wildman–Crippen MR) is 81.9 cm³/mol. The lowest BCUT2D eigenvalue weighted by molar-refractivity contribution is -0.145. The third-order valence-electron chi connectivity index (χ3n) is 2.77. The molecule has 2 N–H and O–H groups in total. The first-order valence-corrected chi connectivity index (χ1v) is 8.45. The standard InChI is InChI=1S/C14H19NO7S/c1-3-8-22-14(17)11(9-23(18,19)20)15-13(16)10-6-4-5-7-12(10)21-2/h4-7,11H,3,8-9H2,1-2H3,(H,15,16)(H,18,19,20)/t11-/m0/s1. The van der Waals surface area contributed by atoms with Gasteiger partial charge >= 0.3 is 5.97 Å². The molecule has 0 spiro atoms. The number of carbonyl (C=O) groups is 2. The molecule has 1 atom stereocenters. The molecule has 0 aliphatic carbocycles. The normalized spacial score (nSPS) is 12.3. The maximum absolute atomic E-state index is 12.2. The third-order valence-corrected chi connectivity index (χ3v) is 3.52. The molecule has 0 saturated heterocycles. The van der Waals surface area contributed by atoms with Crippen molar-refractivity contribution in [3.05, 3.63) is 29.8 Å². The molecule has 1 aromatic carbocycles. The van der Waals surface area contributed by atoms with Crippen molar-refractivity contribution in [1.29, 1.82) is 0 Å². The molecule has 1 amide bonds. The number of para-hydroxylation sites is 1. The summed E-state index contributed by atoms with van der Waals surface area (Å²) in [7, 11) is -3.11. The summed E-state index contributed by atoms with van der Waals surface area (Å²) in [4.78, 5) is 24.1. The van der Waals surface area contributed by atoms with Gasteiger partial charge in [-0.3, -0.25) is 9.35 Å². The van der Waals surface area contributed by atoms with Crippen LogP contribution in [0.15, 0.2) is 24.3 Å². The van der Waals surface area contributed by atoms with Crippen LogP contribution in [0.2, 0.25) is 0 Å². The molecule has 0 heterocycles. The zero-order valence-electron chi connectivity index (χ0n) is 12.8. The SMILES string of the molecule is CCCOC(=O)[C@H](CS(=O)(=O)O)NC(=O)c1ccccc1OC. The Morgan fingerprint density at radius 1 is 1.30 bits per heavy atom. The van der Waals surface area contributed by atoms with Crippen molar-refractivity contribution in [2.75, 3.05) is 19.5 Å². The Hall–Kier alpha value is -2.13. The fourth-order valence-electron chi connectivity index (χ4n) is 1.75. The first-order chi connectivity index (χ1) is 10.8. The molecular formula is C14H19NO7S. The fourth-order valence-corrected chi connectivity index (χ4v) is 2.39. The molecule has 8 nitrogen and oxygen atoms in total. The van der Waals surface area contributed by atoms with Gasteiger partial charge in [-0.05, 0) is 18.6 Å². The lowest BCUT2D eigenvalue weighted by atomic mass is 10.1. The summed E-state index contributed by atoms with van der Waals surface area (Å²) in [6.45, 7) is 1.84. The molecule has 0 saturated carbocycles. The van der Waals surface area contributed by atoms with Crippen LogP contribution < -0.4 is 10.1 Å². The summed E-state index contributed by atoms with van der Waals surface area (Å²) in [5, 5.41) is 2.24. The van der Waals surface area contributed by atoms with Gasteiger partial charge in [0.1, 0.15) is 17.5 Å². The average Bonchev–Trinajstić information content (AvgIpc) is 2.50. The van der Waals surface area contributed by atoms with E-state index in [1.165, 1.54) is 13.2 Å². The highest BCUT2D eigenvalue weighted by molar-refractivity contribution is 7.85. The Labute approximate surface area is 134 Å². The predicted octanol–water partition coefficient (Wildman–Crippen LogP) is 0.635. The second-order valence-electron chi connectivity index (χ2n) is 4.64. The molecule has 0 aromatic heterocycles. The molecule has 1 aromatic rings. The molecule has 128 valence electrons. The van der Waals surface area contributed by atoms with Crippen LogP contribution in [0.1, 0.15) is 23.7 Å². The van der Waals surface area contributed by atoms with Gasteiger partial charge in [-0.2, -0.15) is 8.42 Å². The van der Waals surface area contributed by atoms with E-state index in [1.54, 1.807) is 25.1 Å². The van der Waals surface area contributed by atoms with Crippen LogP contribution in [0, 0.1) is 0 Å². The van der Waals surface area contributed by atoms with Gasteiger partial charge in [0.15, 0.2) is 0 Å². The van der Waals surface area contributed by atoms with E-state index in [2.05, 4.69) is 5.32 Å². The van der Waals surface area contributed by atoms with Gasteiger partial charge < -0.3 is 14.8 Å². The quantitative estimate of drug-likeness (QED) is 0.524. The number of hydrogen-bond acceptors (Lipinski definition) is 6. The van der Waals surface area contributed by atoms with Gasteiger partial charge in [-0.15, -0.1) is 0 Å². The molecule has 0 aliphatic heterocycles. The maximum atomic E-state index is 12.2. The van der Waals surface area contributed by atoms with Crippen LogP contribution >= 0.6 is 0 Å². The van der Waals surface area contributed by atoms with Crippen LogP contribution in [-0.4, -0.2) is 50.4 Å². The highest BCUT2D eigenvalue weighted by Crippen LogP contribution is 2.17. The van der Waals surface area contributed by atoms with E-state index in [0.717, 1.165) is 0 Å². The summed E-state index contributed by atoms with van der Waals surface area (Å²) in [5.41, 5.74) is 0.124. The monoisotopic (exact) mass is 345 g/mol. The molecule has 0 unspecified atom stereocenters. The molecule has 0 aliphatic rings. The second kappa shape index (κ2) is 8.49. The zero-order chi connectivity index (χ0) is 17.5. The van der Waals surface area contributed by atoms with Crippen molar-refractivity contribution >= 4 is 22.0 Å². The third kappa shape index (κ3) is 6.25. The van der Waals surface area contributed by atoms with Crippen LogP contribution in [-0.2, 0) is 19.6 Å².